The smallest absolute Gasteiger partial charge is 0.0386 e. The molecule has 1 aromatic carbocycles. The molecule has 2 heteroatoms. The average molecular weight is 220 g/mol. The molecule has 0 spiro atoms. The van der Waals surface area contributed by atoms with Crippen LogP contribution >= 0.6 is 0 Å². The van der Waals surface area contributed by atoms with E-state index in [2.05, 4.69) is 41.5 Å². The number of hydrogen-bond acceptors (Lipinski definition) is 2. The molecule has 0 saturated heterocycles. The fraction of sp³-hybridized carbons (Fsp3) is 0.500. The molecule has 0 atom stereocenters. The van der Waals surface area contributed by atoms with Crippen molar-refractivity contribution < 1.29 is 0 Å². The standard InChI is InChI=1S/C12H17N.C2H7N/c1-4-6-11-7-5-8-12(9-11)10(2)13-3;1-3-2/h5,7-9H,4,6H2,1-3H3;3H,1-2H3. The Hall–Kier alpha value is -1.15. The predicted molar refractivity (Wildman–Crippen MR) is 73.6 cm³/mol. The third kappa shape index (κ3) is 5.66. The predicted octanol–water partition coefficient (Wildman–Crippen LogP) is 2.91. The monoisotopic (exact) mass is 220 g/mol. The summed E-state index contributed by atoms with van der Waals surface area (Å²) in [5.41, 5.74) is 3.76. The number of aliphatic imine (C=N–C) groups is 1. The lowest BCUT2D eigenvalue weighted by Crippen LogP contribution is -1.95. The van der Waals surface area contributed by atoms with Crippen molar-refractivity contribution in [1.29, 1.82) is 0 Å². The van der Waals surface area contributed by atoms with Gasteiger partial charge in [0, 0.05) is 12.8 Å². The van der Waals surface area contributed by atoms with Gasteiger partial charge in [-0.05, 0) is 44.6 Å². The van der Waals surface area contributed by atoms with E-state index in [1.165, 1.54) is 17.5 Å². The van der Waals surface area contributed by atoms with Crippen molar-refractivity contribution in [2.24, 2.45) is 4.99 Å². The van der Waals surface area contributed by atoms with Crippen LogP contribution in [0.4, 0.5) is 0 Å². The Labute approximate surface area is 99.8 Å². The summed E-state index contributed by atoms with van der Waals surface area (Å²) in [6, 6.07) is 8.62. The molecule has 0 amide bonds. The summed E-state index contributed by atoms with van der Waals surface area (Å²) >= 11 is 0. The number of nitrogens with one attached hydrogen (secondary N) is 1. The van der Waals surface area contributed by atoms with E-state index in [1.54, 1.807) is 0 Å². The molecule has 0 saturated carbocycles. The van der Waals surface area contributed by atoms with Crippen LogP contribution in [0, 0.1) is 0 Å². The Bertz CT molecular complexity index is 316. The van der Waals surface area contributed by atoms with Gasteiger partial charge in [0.15, 0.2) is 0 Å². The molecule has 1 rings (SSSR count). The quantitative estimate of drug-likeness (QED) is 0.778. The summed E-state index contributed by atoms with van der Waals surface area (Å²) < 4.78 is 0. The van der Waals surface area contributed by atoms with Crippen LogP contribution in [0.5, 0.6) is 0 Å². The van der Waals surface area contributed by atoms with Crippen LogP contribution in [0.15, 0.2) is 29.3 Å². The lowest BCUT2D eigenvalue weighted by molar-refractivity contribution is 0.921. The molecule has 0 radical (unpaired) electrons. The van der Waals surface area contributed by atoms with E-state index in [9.17, 15) is 0 Å². The van der Waals surface area contributed by atoms with E-state index in [4.69, 9.17) is 0 Å². The Morgan fingerprint density at radius 1 is 1.31 bits per heavy atom. The van der Waals surface area contributed by atoms with Gasteiger partial charge in [0.2, 0.25) is 0 Å². The molecule has 0 aliphatic rings. The molecule has 0 unspecified atom stereocenters. The number of hydrogen-bond donors (Lipinski definition) is 1. The Kier molecular flexibility index (Phi) is 8.45. The SMILES string of the molecule is CCCc1cccc(C(C)=NC)c1.CNC. The second kappa shape index (κ2) is 9.10. The van der Waals surface area contributed by atoms with Crippen molar-refractivity contribution in [1.82, 2.24) is 5.32 Å². The Morgan fingerprint density at radius 3 is 2.44 bits per heavy atom. The van der Waals surface area contributed by atoms with Gasteiger partial charge in [-0.2, -0.15) is 0 Å². The summed E-state index contributed by atoms with van der Waals surface area (Å²) in [7, 11) is 5.59. The van der Waals surface area contributed by atoms with Crippen LogP contribution in [0.3, 0.4) is 0 Å². The lowest BCUT2D eigenvalue weighted by atomic mass is 10.0. The van der Waals surface area contributed by atoms with Crippen molar-refractivity contribution in [3.63, 3.8) is 0 Å². The Morgan fingerprint density at radius 2 is 1.94 bits per heavy atom. The lowest BCUT2D eigenvalue weighted by Gasteiger charge is -2.03. The maximum absolute atomic E-state index is 4.18. The number of nitrogens with zero attached hydrogens (tertiary/aromatic N) is 1. The minimum atomic E-state index is 1.11. The molecular weight excluding hydrogens is 196 g/mol. The van der Waals surface area contributed by atoms with Crippen LogP contribution in [-0.2, 0) is 6.42 Å². The van der Waals surface area contributed by atoms with Crippen LogP contribution in [0.25, 0.3) is 0 Å². The minimum Gasteiger partial charge on any atom is -0.323 e. The highest BCUT2D eigenvalue weighted by atomic mass is 14.7. The molecule has 0 aromatic heterocycles. The molecular formula is C14H24N2. The highest BCUT2D eigenvalue weighted by molar-refractivity contribution is 5.98. The van der Waals surface area contributed by atoms with Crippen LogP contribution in [0.2, 0.25) is 0 Å². The summed E-state index contributed by atoms with van der Waals surface area (Å²) in [4.78, 5) is 4.18. The molecule has 2 nitrogen and oxygen atoms in total. The third-order valence-electron chi connectivity index (χ3n) is 2.22. The minimum absolute atomic E-state index is 1.11. The van der Waals surface area contributed by atoms with E-state index in [0.717, 1.165) is 12.1 Å². The normalized spacial score (nSPS) is 10.7. The summed E-state index contributed by atoms with van der Waals surface area (Å²) in [5.74, 6) is 0. The summed E-state index contributed by atoms with van der Waals surface area (Å²) in [5, 5.41) is 2.75. The van der Waals surface area contributed by atoms with E-state index in [0.29, 0.717) is 0 Å². The van der Waals surface area contributed by atoms with E-state index in [1.807, 2.05) is 28.1 Å². The molecule has 90 valence electrons. The van der Waals surface area contributed by atoms with Crippen molar-refractivity contribution in [2.75, 3.05) is 21.1 Å². The molecule has 0 aliphatic heterocycles. The van der Waals surface area contributed by atoms with Crippen molar-refractivity contribution in [2.45, 2.75) is 26.7 Å². The van der Waals surface area contributed by atoms with Gasteiger partial charge >= 0.3 is 0 Å². The van der Waals surface area contributed by atoms with Gasteiger partial charge in [0.1, 0.15) is 0 Å². The third-order valence-corrected chi connectivity index (χ3v) is 2.22. The zero-order valence-electron chi connectivity index (χ0n) is 11.2. The highest BCUT2D eigenvalue weighted by Gasteiger charge is 1.97. The number of aryl methyl sites for hydroxylation is 1. The molecule has 16 heavy (non-hydrogen) atoms. The number of rotatable bonds is 3. The first-order chi connectivity index (χ1) is 7.69. The van der Waals surface area contributed by atoms with Crippen LogP contribution < -0.4 is 5.32 Å². The number of benzene rings is 1. The molecule has 1 aromatic rings. The van der Waals surface area contributed by atoms with Gasteiger partial charge in [-0.3, -0.25) is 4.99 Å². The van der Waals surface area contributed by atoms with E-state index < -0.39 is 0 Å². The zero-order valence-corrected chi connectivity index (χ0v) is 11.2. The van der Waals surface area contributed by atoms with Crippen LogP contribution in [-0.4, -0.2) is 26.9 Å². The fourth-order valence-electron chi connectivity index (χ4n) is 1.37. The molecule has 0 bridgehead atoms. The molecule has 1 N–H and O–H groups in total. The zero-order chi connectivity index (χ0) is 12.4. The topological polar surface area (TPSA) is 24.4 Å². The van der Waals surface area contributed by atoms with E-state index in [-0.39, 0.29) is 0 Å². The highest BCUT2D eigenvalue weighted by Crippen LogP contribution is 2.08. The first-order valence-electron chi connectivity index (χ1n) is 5.80. The maximum atomic E-state index is 4.18. The van der Waals surface area contributed by atoms with Crippen molar-refractivity contribution in [3.8, 4) is 0 Å². The van der Waals surface area contributed by atoms with Gasteiger partial charge in [0.25, 0.3) is 0 Å². The summed E-state index contributed by atoms with van der Waals surface area (Å²) in [6.45, 7) is 4.25. The summed E-state index contributed by atoms with van der Waals surface area (Å²) in [6.07, 6.45) is 2.36. The van der Waals surface area contributed by atoms with Gasteiger partial charge in [-0.1, -0.05) is 31.5 Å². The first-order valence-corrected chi connectivity index (χ1v) is 5.80. The van der Waals surface area contributed by atoms with Crippen molar-refractivity contribution in [3.05, 3.63) is 35.4 Å². The largest absolute Gasteiger partial charge is 0.323 e. The molecule has 0 heterocycles. The second-order valence-electron chi connectivity index (χ2n) is 3.76. The molecule has 0 fully saturated rings. The van der Waals surface area contributed by atoms with Gasteiger partial charge < -0.3 is 5.32 Å². The molecule has 0 aliphatic carbocycles. The Balaban J connectivity index is 0.000000673. The second-order valence-corrected chi connectivity index (χ2v) is 3.76. The maximum Gasteiger partial charge on any atom is 0.0386 e. The van der Waals surface area contributed by atoms with Gasteiger partial charge in [0.05, 0.1) is 0 Å². The van der Waals surface area contributed by atoms with Gasteiger partial charge in [-0.15, -0.1) is 0 Å². The van der Waals surface area contributed by atoms with Crippen LogP contribution in [0.1, 0.15) is 31.4 Å². The van der Waals surface area contributed by atoms with Crippen molar-refractivity contribution >= 4 is 5.71 Å². The first kappa shape index (κ1) is 14.8. The fourth-order valence-corrected chi connectivity index (χ4v) is 1.37. The van der Waals surface area contributed by atoms with E-state index >= 15 is 0 Å². The average Bonchev–Trinajstić information content (AvgIpc) is 2.30. The van der Waals surface area contributed by atoms with Gasteiger partial charge in [-0.25, -0.2) is 0 Å².